The Balaban J connectivity index is 0.000000152. The van der Waals surface area contributed by atoms with Crippen LogP contribution in [0.4, 0.5) is 0 Å². The highest BCUT2D eigenvalue weighted by molar-refractivity contribution is 5.06. The third-order valence-electron chi connectivity index (χ3n) is 9.33. The van der Waals surface area contributed by atoms with E-state index in [4.69, 9.17) is 0 Å². The molecule has 0 aromatic rings. The van der Waals surface area contributed by atoms with E-state index >= 15 is 0 Å². The van der Waals surface area contributed by atoms with Crippen LogP contribution in [-0.4, -0.2) is 0 Å². The van der Waals surface area contributed by atoms with Gasteiger partial charge in [-0.1, -0.05) is 78.7 Å². The van der Waals surface area contributed by atoms with E-state index in [0.29, 0.717) is 0 Å². The Labute approximate surface area is 215 Å². The average Bonchev–Trinajstić information content (AvgIpc) is 2.99. The fourth-order valence-electron chi connectivity index (χ4n) is 7.22. The molecule has 6 rings (SSSR count). The minimum atomic E-state index is 0.888. The Morgan fingerprint density at radius 1 is 0.500 bits per heavy atom. The summed E-state index contributed by atoms with van der Waals surface area (Å²) in [5, 5.41) is 0. The van der Waals surface area contributed by atoms with Gasteiger partial charge >= 0.3 is 0 Å². The van der Waals surface area contributed by atoms with Crippen LogP contribution in [0.25, 0.3) is 0 Å². The Bertz CT molecular complexity index is 575. The predicted molar refractivity (Wildman–Crippen MR) is 154 cm³/mol. The summed E-state index contributed by atoms with van der Waals surface area (Å²) in [7, 11) is 0. The Morgan fingerprint density at radius 2 is 0.824 bits per heavy atom. The quantitative estimate of drug-likeness (QED) is 0.309. The second kappa shape index (κ2) is 13.7. The van der Waals surface area contributed by atoms with Crippen LogP contribution < -0.4 is 0 Å². The van der Waals surface area contributed by atoms with E-state index in [0.717, 1.165) is 52.8 Å². The van der Waals surface area contributed by atoms with Crippen LogP contribution in [0.3, 0.4) is 0 Å². The summed E-state index contributed by atoms with van der Waals surface area (Å²) in [6.07, 6.45) is 20.5. The highest BCUT2D eigenvalue weighted by atomic mass is 14.5. The van der Waals surface area contributed by atoms with Crippen molar-refractivity contribution in [3.05, 3.63) is 23.3 Å². The summed E-state index contributed by atoms with van der Waals surface area (Å²) in [5.74, 6) is 8.15. The summed E-state index contributed by atoms with van der Waals surface area (Å²) >= 11 is 0. The Kier molecular flexibility index (Phi) is 12.0. The van der Waals surface area contributed by atoms with Gasteiger partial charge in [0.15, 0.2) is 0 Å². The van der Waals surface area contributed by atoms with Gasteiger partial charge in [-0.2, -0.15) is 0 Å². The fraction of sp³-hybridized carbons (Fsp3) is 0.882. The molecule has 6 aliphatic carbocycles. The van der Waals surface area contributed by atoms with Gasteiger partial charge in [0.1, 0.15) is 0 Å². The molecule has 34 heavy (non-hydrogen) atoms. The molecule has 0 N–H and O–H groups in total. The third-order valence-corrected chi connectivity index (χ3v) is 9.33. The molecule has 0 heteroatoms. The molecule has 0 heterocycles. The van der Waals surface area contributed by atoms with E-state index < -0.39 is 0 Å². The molecule has 0 aromatic heterocycles. The number of rotatable bonds is 0. The molecule has 4 atom stereocenters. The summed E-state index contributed by atoms with van der Waals surface area (Å²) in [4.78, 5) is 0. The normalized spacial score (nSPS) is 42.8. The summed E-state index contributed by atoms with van der Waals surface area (Å²) in [5.41, 5.74) is 4.04. The van der Waals surface area contributed by atoms with E-state index in [9.17, 15) is 0 Å². The molecule has 0 amide bonds. The lowest BCUT2D eigenvalue weighted by molar-refractivity contribution is -0.0549. The summed E-state index contributed by atoms with van der Waals surface area (Å²) in [6, 6.07) is 0. The zero-order chi connectivity index (χ0) is 25.5. The van der Waals surface area contributed by atoms with E-state index in [1.165, 1.54) is 70.6 Å². The van der Waals surface area contributed by atoms with Crippen molar-refractivity contribution in [2.24, 2.45) is 52.8 Å². The first-order valence-corrected chi connectivity index (χ1v) is 15.2. The molecule has 0 aliphatic heterocycles. The van der Waals surface area contributed by atoms with Gasteiger partial charge in [-0.05, 0) is 137 Å². The zero-order valence-corrected chi connectivity index (χ0v) is 25.1. The van der Waals surface area contributed by atoms with Crippen LogP contribution in [0.5, 0.6) is 0 Å². The van der Waals surface area contributed by atoms with Crippen molar-refractivity contribution in [1.82, 2.24) is 0 Å². The smallest absolute Gasteiger partial charge is 0.0287 e. The maximum atomic E-state index is 2.38. The second-order valence-electron chi connectivity index (χ2n) is 14.6. The Morgan fingerprint density at radius 3 is 0.912 bits per heavy atom. The molecule has 1 spiro atoms. The Hall–Kier alpha value is -0.520. The van der Waals surface area contributed by atoms with Gasteiger partial charge < -0.3 is 0 Å². The molecule has 6 aliphatic rings. The van der Waals surface area contributed by atoms with Crippen molar-refractivity contribution in [2.75, 3.05) is 0 Å². The van der Waals surface area contributed by atoms with Gasteiger partial charge in [0.25, 0.3) is 0 Å². The van der Waals surface area contributed by atoms with E-state index in [-0.39, 0.29) is 0 Å². The lowest BCUT2D eigenvalue weighted by atomic mass is 9.49. The largest absolute Gasteiger partial charge is 0.0853 e. The molecule has 198 valence electrons. The number of hydrogen-bond acceptors (Lipinski definition) is 0. The van der Waals surface area contributed by atoms with Gasteiger partial charge in [0.05, 0.1) is 0 Å². The molecule has 4 saturated carbocycles. The lowest BCUT2D eigenvalue weighted by Crippen LogP contribution is -2.45. The standard InChI is InChI=1S/C9H16.2C7H12.C6H12.C5H10/c1-7-3-9(4-7)5-8(2)6-9;2*1-6-3-4-7(2)5-6;1-5-3-6(2)4-5;1-4-3-5(4)2/h7-8H,3-6H2,1-2H3;2*3,7H,4-5H2,1-2H3;5-6H,3-4H2,1-2H3;4-5H,3H2,1-2H3. The number of allylic oxidation sites excluding steroid dienone is 4. The maximum absolute atomic E-state index is 2.38. The zero-order valence-electron chi connectivity index (χ0n) is 25.1. The first kappa shape index (κ1) is 29.7. The second-order valence-corrected chi connectivity index (χ2v) is 14.6. The summed E-state index contributed by atoms with van der Waals surface area (Å²) < 4.78 is 0. The number of hydrogen-bond donors (Lipinski definition) is 0. The van der Waals surface area contributed by atoms with Gasteiger partial charge in [-0.3, -0.25) is 0 Å². The minimum absolute atomic E-state index is 0.888. The molecule has 0 radical (unpaired) electrons. The highest BCUT2D eigenvalue weighted by Crippen LogP contribution is 2.60. The fourth-order valence-corrected chi connectivity index (χ4v) is 7.22. The van der Waals surface area contributed by atoms with E-state index in [1.54, 1.807) is 11.1 Å². The molecule has 0 nitrogen and oxygen atoms in total. The SMILES string of the molecule is CC1=CCC(C)C1.CC1=CCC(C)C1.CC1CC(C)C1.CC1CC1C.CC1CC2(C1)CC(C)C2. The van der Waals surface area contributed by atoms with Crippen LogP contribution in [0, 0.1) is 52.8 Å². The molecule has 0 saturated heterocycles. The minimum Gasteiger partial charge on any atom is -0.0853 e. The van der Waals surface area contributed by atoms with Crippen molar-refractivity contribution < 1.29 is 0 Å². The van der Waals surface area contributed by atoms with Crippen LogP contribution >= 0.6 is 0 Å². The van der Waals surface area contributed by atoms with Crippen molar-refractivity contribution in [3.63, 3.8) is 0 Å². The van der Waals surface area contributed by atoms with Gasteiger partial charge in [-0.15, -0.1) is 0 Å². The van der Waals surface area contributed by atoms with Crippen molar-refractivity contribution >= 4 is 0 Å². The molecule has 4 unspecified atom stereocenters. The lowest BCUT2D eigenvalue weighted by Gasteiger charge is -2.56. The molecular formula is C34H62. The predicted octanol–water partition coefficient (Wildman–Crippen LogP) is 11.3. The molecular weight excluding hydrogens is 408 g/mol. The van der Waals surface area contributed by atoms with Gasteiger partial charge in [-0.25, -0.2) is 0 Å². The van der Waals surface area contributed by atoms with E-state index in [2.05, 4.69) is 81.4 Å². The van der Waals surface area contributed by atoms with Crippen LogP contribution in [0.15, 0.2) is 23.3 Å². The van der Waals surface area contributed by atoms with Gasteiger partial charge in [0.2, 0.25) is 0 Å². The van der Waals surface area contributed by atoms with Gasteiger partial charge in [0, 0.05) is 0 Å². The van der Waals surface area contributed by atoms with Crippen molar-refractivity contribution in [3.8, 4) is 0 Å². The average molecular weight is 471 g/mol. The van der Waals surface area contributed by atoms with Crippen LogP contribution in [0.1, 0.15) is 140 Å². The van der Waals surface area contributed by atoms with E-state index in [1.807, 2.05) is 0 Å². The van der Waals surface area contributed by atoms with Crippen molar-refractivity contribution in [1.29, 1.82) is 0 Å². The topological polar surface area (TPSA) is 0 Å². The maximum Gasteiger partial charge on any atom is -0.0287 e. The first-order valence-electron chi connectivity index (χ1n) is 15.2. The van der Waals surface area contributed by atoms with Crippen LogP contribution in [0.2, 0.25) is 0 Å². The van der Waals surface area contributed by atoms with Crippen LogP contribution in [-0.2, 0) is 0 Å². The monoisotopic (exact) mass is 470 g/mol. The third kappa shape index (κ3) is 11.0. The van der Waals surface area contributed by atoms with Crippen molar-refractivity contribution in [2.45, 2.75) is 140 Å². The highest BCUT2D eigenvalue weighted by Gasteiger charge is 2.49. The summed E-state index contributed by atoms with van der Waals surface area (Å²) in [6.45, 7) is 23.0. The molecule has 0 bridgehead atoms. The first-order chi connectivity index (χ1) is 15.9. The molecule has 0 aromatic carbocycles. The molecule has 4 fully saturated rings.